The molecule has 0 amide bonds. The Kier molecular flexibility index (Phi) is 4.87. The van der Waals surface area contributed by atoms with Crippen LogP contribution >= 0.6 is 11.3 Å². The maximum Gasteiger partial charge on any atom is 0.338 e. The Hall–Kier alpha value is -3.04. The molecule has 0 N–H and O–H groups in total. The topological polar surface area (TPSA) is 63.0 Å². The third kappa shape index (κ3) is 3.90. The number of nitrogens with zero attached hydrogens (tertiary/aromatic N) is 2. The van der Waals surface area contributed by atoms with Crippen molar-refractivity contribution in [2.24, 2.45) is 0 Å². The Morgan fingerprint density at radius 1 is 1.32 bits per heavy atom. The van der Waals surface area contributed by atoms with Crippen LogP contribution < -0.4 is 0 Å². The second-order valence-electron chi connectivity index (χ2n) is 5.36. The standard InChI is InChI=1S/C19H13FN2O2S/c1-12-11-25-18(22-12)13-3-2-4-14(7-13)19(23)24-10-15-5-6-17(20)8-16(15)9-21/h2-8,11H,10H2,1H3. The second-order valence-corrected chi connectivity index (χ2v) is 6.22. The number of hydrogen-bond donors (Lipinski definition) is 0. The van der Waals surface area contributed by atoms with Gasteiger partial charge in [-0.15, -0.1) is 11.3 Å². The predicted octanol–water partition coefficient (Wildman–Crippen LogP) is 4.49. The van der Waals surface area contributed by atoms with Gasteiger partial charge in [0.1, 0.15) is 17.4 Å². The Morgan fingerprint density at radius 3 is 2.88 bits per heavy atom. The van der Waals surface area contributed by atoms with Crippen molar-refractivity contribution in [2.45, 2.75) is 13.5 Å². The van der Waals surface area contributed by atoms with Crippen LogP contribution in [0.15, 0.2) is 47.8 Å². The predicted molar refractivity (Wildman–Crippen MR) is 92.5 cm³/mol. The summed E-state index contributed by atoms with van der Waals surface area (Å²) in [5.41, 5.74) is 2.77. The number of carbonyl (C=O) groups excluding carboxylic acids is 1. The molecule has 3 aromatic rings. The zero-order chi connectivity index (χ0) is 17.8. The van der Waals surface area contributed by atoms with Gasteiger partial charge in [-0.05, 0) is 31.2 Å². The molecule has 0 aliphatic heterocycles. The van der Waals surface area contributed by atoms with Gasteiger partial charge in [-0.3, -0.25) is 0 Å². The van der Waals surface area contributed by atoms with E-state index in [1.807, 2.05) is 24.4 Å². The van der Waals surface area contributed by atoms with Crippen molar-refractivity contribution in [3.63, 3.8) is 0 Å². The average Bonchev–Trinajstić information content (AvgIpc) is 3.07. The fraction of sp³-hybridized carbons (Fsp3) is 0.105. The van der Waals surface area contributed by atoms with Crippen LogP contribution in [0.2, 0.25) is 0 Å². The average molecular weight is 352 g/mol. The van der Waals surface area contributed by atoms with Crippen LogP contribution in [-0.4, -0.2) is 11.0 Å². The molecule has 0 unspecified atom stereocenters. The zero-order valence-corrected chi connectivity index (χ0v) is 14.1. The molecule has 3 rings (SSSR count). The summed E-state index contributed by atoms with van der Waals surface area (Å²) in [5.74, 6) is -1.01. The van der Waals surface area contributed by atoms with E-state index < -0.39 is 11.8 Å². The van der Waals surface area contributed by atoms with E-state index in [9.17, 15) is 9.18 Å². The van der Waals surface area contributed by atoms with E-state index in [0.29, 0.717) is 11.1 Å². The first-order valence-corrected chi connectivity index (χ1v) is 8.33. The van der Waals surface area contributed by atoms with Gasteiger partial charge in [-0.1, -0.05) is 18.2 Å². The molecule has 1 aromatic heterocycles. The van der Waals surface area contributed by atoms with Gasteiger partial charge in [0.25, 0.3) is 0 Å². The summed E-state index contributed by atoms with van der Waals surface area (Å²) >= 11 is 1.50. The lowest BCUT2D eigenvalue weighted by Gasteiger charge is -2.07. The number of aromatic nitrogens is 1. The summed E-state index contributed by atoms with van der Waals surface area (Å²) in [4.78, 5) is 16.7. The fourth-order valence-corrected chi connectivity index (χ4v) is 3.07. The van der Waals surface area contributed by atoms with Gasteiger partial charge >= 0.3 is 5.97 Å². The number of esters is 1. The van der Waals surface area contributed by atoms with E-state index in [1.54, 1.807) is 18.2 Å². The smallest absolute Gasteiger partial charge is 0.338 e. The monoisotopic (exact) mass is 352 g/mol. The number of hydrogen-bond acceptors (Lipinski definition) is 5. The van der Waals surface area contributed by atoms with Crippen LogP contribution in [0, 0.1) is 24.1 Å². The Morgan fingerprint density at radius 2 is 2.16 bits per heavy atom. The van der Waals surface area contributed by atoms with Crippen LogP contribution in [0.4, 0.5) is 4.39 Å². The zero-order valence-electron chi connectivity index (χ0n) is 13.3. The van der Waals surface area contributed by atoms with E-state index in [1.165, 1.54) is 23.5 Å². The summed E-state index contributed by atoms with van der Waals surface area (Å²) in [5, 5.41) is 11.8. The molecule has 0 bridgehead atoms. The highest BCUT2D eigenvalue weighted by Crippen LogP contribution is 2.24. The number of aryl methyl sites for hydroxylation is 1. The fourth-order valence-electron chi connectivity index (χ4n) is 2.27. The lowest BCUT2D eigenvalue weighted by atomic mass is 10.1. The first-order valence-electron chi connectivity index (χ1n) is 7.45. The summed E-state index contributed by atoms with van der Waals surface area (Å²) < 4.78 is 18.4. The normalized spacial score (nSPS) is 10.3. The summed E-state index contributed by atoms with van der Waals surface area (Å²) in [6.45, 7) is 1.82. The van der Waals surface area contributed by atoms with Gasteiger partial charge in [-0.25, -0.2) is 14.2 Å². The summed E-state index contributed by atoms with van der Waals surface area (Å²) in [6, 6.07) is 12.7. The van der Waals surface area contributed by atoms with Gasteiger partial charge in [0.2, 0.25) is 0 Å². The van der Waals surface area contributed by atoms with E-state index in [0.717, 1.165) is 22.3 Å². The minimum Gasteiger partial charge on any atom is -0.457 e. The Balaban J connectivity index is 1.75. The van der Waals surface area contributed by atoms with Gasteiger partial charge in [0.15, 0.2) is 0 Å². The number of halogens is 1. The van der Waals surface area contributed by atoms with Crippen molar-refractivity contribution < 1.29 is 13.9 Å². The van der Waals surface area contributed by atoms with E-state index in [-0.39, 0.29) is 12.2 Å². The number of thiazole rings is 1. The molecule has 0 aliphatic rings. The largest absolute Gasteiger partial charge is 0.457 e. The molecule has 0 spiro atoms. The van der Waals surface area contributed by atoms with Gasteiger partial charge in [0, 0.05) is 22.2 Å². The van der Waals surface area contributed by atoms with Crippen LogP contribution in [-0.2, 0) is 11.3 Å². The SMILES string of the molecule is Cc1csc(-c2cccc(C(=O)OCc3ccc(F)cc3C#N)c2)n1. The van der Waals surface area contributed by atoms with Crippen molar-refractivity contribution in [2.75, 3.05) is 0 Å². The Bertz CT molecular complexity index is 976. The van der Waals surface area contributed by atoms with E-state index >= 15 is 0 Å². The third-order valence-electron chi connectivity index (χ3n) is 3.52. The van der Waals surface area contributed by atoms with Gasteiger partial charge in [-0.2, -0.15) is 5.26 Å². The molecule has 0 fully saturated rings. The van der Waals surface area contributed by atoms with Gasteiger partial charge < -0.3 is 4.74 Å². The summed E-state index contributed by atoms with van der Waals surface area (Å²) in [6.07, 6.45) is 0. The molecule has 0 aliphatic carbocycles. The van der Waals surface area contributed by atoms with E-state index in [4.69, 9.17) is 10.00 Å². The molecule has 2 aromatic carbocycles. The van der Waals surface area contributed by atoms with Gasteiger partial charge in [0.05, 0.1) is 17.2 Å². The molecule has 0 radical (unpaired) electrons. The molecular weight excluding hydrogens is 339 g/mol. The molecule has 124 valence electrons. The van der Waals surface area contributed by atoms with Crippen LogP contribution in [0.25, 0.3) is 10.6 Å². The molecular formula is C19H13FN2O2S. The highest BCUT2D eigenvalue weighted by molar-refractivity contribution is 7.13. The van der Waals surface area contributed by atoms with Crippen molar-refractivity contribution in [3.05, 3.63) is 76.0 Å². The first kappa shape index (κ1) is 16.8. The van der Waals surface area contributed by atoms with Crippen LogP contribution in [0.3, 0.4) is 0 Å². The highest BCUT2D eigenvalue weighted by atomic mass is 32.1. The van der Waals surface area contributed by atoms with Crippen molar-refractivity contribution >= 4 is 17.3 Å². The lowest BCUT2D eigenvalue weighted by Crippen LogP contribution is -2.06. The van der Waals surface area contributed by atoms with Crippen LogP contribution in [0.1, 0.15) is 27.2 Å². The Labute approximate surface area is 148 Å². The highest BCUT2D eigenvalue weighted by Gasteiger charge is 2.12. The lowest BCUT2D eigenvalue weighted by molar-refractivity contribution is 0.0472. The molecule has 4 nitrogen and oxygen atoms in total. The second kappa shape index (κ2) is 7.24. The third-order valence-corrected chi connectivity index (χ3v) is 4.52. The minimum absolute atomic E-state index is 0.0946. The molecule has 1 heterocycles. The molecule has 25 heavy (non-hydrogen) atoms. The maximum atomic E-state index is 13.1. The molecule has 0 saturated carbocycles. The van der Waals surface area contributed by atoms with Crippen molar-refractivity contribution in [3.8, 4) is 16.6 Å². The number of rotatable bonds is 4. The number of nitriles is 1. The molecule has 0 saturated heterocycles. The molecule has 0 atom stereocenters. The van der Waals surface area contributed by atoms with Crippen LogP contribution in [0.5, 0.6) is 0 Å². The quantitative estimate of drug-likeness (QED) is 0.649. The van der Waals surface area contributed by atoms with E-state index in [2.05, 4.69) is 4.98 Å². The summed E-state index contributed by atoms with van der Waals surface area (Å²) in [7, 11) is 0. The molecule has 6 heteroatoms. The number of benzene rings is 2. The van der Waals surface area contributed by atoms with Crippen molar-refractivity contribution in [1.29, 1.82) is 5.26 Å². The number of carbonyl (C=O) groups is 1. The first-order chi connectivity index (χ1) is 12.1. The van der Waals surface area contributed by atoms with Crippen molar-refractivity contribution in [1.82, 2.24) is 4.98 Å². The minimum atomic E-state index is -0.511. The maximum absolute atomic E-state index is 13.1. The number of ether oxygens (including phenoxy) is 1.